The second-order valence-corrected chi connectivity index (χ2v) is 5.21. The number of carboxylic acid groups (broad SMARTS) is 1. The molecule has 24 heavy (non-hydrogen) atoms. The van der Waals surface area contributed by atoms with Crippen molar-refractivity contribution in [2.24, 2.45) is 0 Å². The Balaban J connectivity index is 2.39. The molecular weight excluding hydrogens is 312 g/mol. The average molecular weight is 332 g/mol. The molecule has 0 aliphatic rings. The number of carboxylic acids is 1. The molecule has 128 valence electrons. The Morgan fingerprint density at radius 3 is 2.29 bits per heavy atom. The lowest BCUT2D eigenvalue weighted by Crippen LogP contribution is -2.15. The highest BCUT2D eigenvalue weighted by Gasteiger charge is 2.24. The average Bonchev–Trinajstić information content (AvgIpc) is 2.60. The van der Waals surface area contributed by atoms with Crippen LogP contribution in [0.1, 0.15) is 17.0 Å². The van der Waals surface area contributed by atoms with Gasteiger partial charge in [0.15, 0.2) is 11.5 Å². The zero-order valence-electron chi connectivity index (χ0n) is 13.8. The van der Waals surface area contributed by atoms with E-state index in [4.69, 9.17) is 14.2 Å². The van der Waals surface area contributed by atoms with E-state index in [1.54, 1.807) is 30.3 Å². The first-order chi connectivity index (χ1) is 11.5. The third kappa shape index (κ3) is 3.71. The summed E-state index contributed by atoms with van der Waals surface area (Å²) in [6, 6.07) is 9.82. The van der Waals surface area contributed by atoms with Crippen molar-refractivity contribution in [3.05, 3.63) is 47.5 Å². The molecule has 6 heteroatoms. The number of benzene rings is 2. The van der Waals surface area contributed by atoms with E-state index in [2.05, 4.69) is 0 Å². The second-order valence-electron chi connectivity index (χ2n) is 5.21. The van der Waals surface area contributed by atoms with Gasteiger partial charge in [0.25, 0.3) is 0 Å². The normalized spacial score (nSPS) is 11.6. The maximum absolute atomic E-state index is 11.8. The molecule has 2 rings (SSSR count). The summed E-state index contributed by atoms with van der Waals surface area (Å²) in [5, 5.41) is 19.3. The molecule has 0 heterocycles. The summed E-state index contributed by atoms with van der Waals surface area (Å²) in [5.74, 6) is -0.419. The molecule has 0 saturated heterocycles. The van der Waals surface area contributed by atoms with Gasteiger partial charge in [-0.15, -0.1) is 0 Å². The quantitative estimate of drug-likeness (QED) is 0.811. The summed E-state index contributed by atoms with van der Waals surface area (Å²) in [7, 11) is 4.46. The molecule has 0 aromatic heterocycles. The van der Waals surface area contributed by atoms with Crippen molar-refractivity contribution < 1.29 is 29.2 Å². The predicted molar refractivity (Wildman–Crippen MR) is 88.3 cm³/mol. The van der Waals surface area contributed by atoms with Crippen LogP contribution >= 0.6 is 0 Å². The molecule has 0 aliphatic heterocycles. The first-order valence-corrected chi connectivity index (χ1v) is 7.30. The molecule has 0 aliphatic carbocycles. The maximum Gasteiger partial charge on any atom is 0.311 e. The molecule has 0 spiro atoms. The van der Waals surface area contributed by atoms with E-state index in [0.717, 1.165) is 5.56 Å². The van der Waals surface area contributed by atoms with E-state index in [1.807, 2.05) is 0 Å². The zero-order chi connectivity index (χ0) is 17.7. The molecule has 0 saturated carbocycles. The van der Waals surface area contributed by atoms with Gasteiger partial charge < -0.3 is 24.4 Å². The molecule has 0 amide bonds. The van der Waals surface area contributed by atoms with Crippen LogP contribution in [-0.4, -0.2) is 37.5 Å². The number of ether oxygens (including phenoxy) is 3. The molecular formula is C18H20O6. The molecule has 0 bridgehead atoms. The number of aromatic hydroxyl groups is 1. The van der Waals surface area contributed by atoms with Crippen LogP contribution in [0.2, 0.25) is 0 Å². The van der Waals surface area contributed by atoms with Gasteiger partial charge in [0, 0.05) is 11.6 Å². The predicted octanol–water partition coefficient (Wildman–Crippen LogP) is 2.83. The van der Waals surface area contributed by atoms with Gasteiger partial charge in [0.05, 0.1) is 27.2 Å². The van der Waals surface area contributed by atoms with E-state index in [0.29, 0.717) is 22.8 Å². The minimum atomic E-state index is -0.967. The SMILES string of the molecule is COc1ccc(C(Cc2ccc(O)c(OC)c2)C(=O)O)c(OC)c1. The summed E-state index contributed by atoms with van der Waals surface area (Å²) in [4.78, 5) is 11.8. The highest BCUT2D eigenvalue weighted by Crippen LogP contribution is 2.34. The van der Waals surface area contributed by atoms with Crippen molar-refractivity contribution in [3.8, 4) is 23.0 Å². The molecule has 0 fully saturated rings. The van der Waals surface area contributed by atoms with E-state index < -0.39 is 11.9 Å². The number of hydrogen-bond donors (Lipinski definition) is 2. The molecule has 0 radical (unpaired) electrons. The van der Waals surface area contributed by atoms with Gasteiger partial charge in [-0.25, -0.2) is 0 Å². The van der Waals surface area contributed by atoms with Crippen molar-refractivity contribution in [3.63, 3.8) is 0 Å². The number of phenolic OH excluding ortho intramolecular Hbond substituents is 1. The summed E-state index contributed by atoms with van der Waals surface area (Å²) in [6.45, 7) is 0. The van der Waals surface area contributed by atoms with Gasteiger partial charge in [-0.1, -0.05) is 12.1 Å². The summed E-state index contributed by atoms with van der Waals surface area (Å²) >= 11 is 0. The van der Waals surface area contributed by atoms with E-state index >= 15 is 0 Å². The van der Waals surface area contributed by atoms with Gasteiger partial charge in [0.1, 0.15) is 11.5 Å². The number of methoxy groups -OCH3 is 3. The molecule has 2 aromatic carbocycles. The number of phenols is 1. The van der Waals surface area contributed by atoms with Crippen molar-refractivity contribution in [1.82, 2.24) is 0 Å². The van der Waals surface area contributed by atoms with Crippen molar-refractivity contribution in [1.29, 1.82) is 0 Å². The molecule has 1 atom stereocenters. The van der Waals surface area contributed by atoms with Crippen LogP contribution in [0.3, 0.4) is 0 Å². The lowest BCUT2D eigenvalue weighted by Gasteiger charge is -2.17. The number of aliphatic carboxylic acids is 1. The van der Waals surface area contributed by atoms with Crippen LogP contribution in [0.15, 0.2) is 36.4 Å². The highest BCUT2D eigenvalue weighted by molar-refractivity contribution is 5.78. The van der Waals surface area contributed by atoms with Crippen molar-refractivity contribution >= 4 is 5.97 Å². The monoisotopic (exact) mass is 332 g/mol. The molecule has 6 nitrogen and oxygen atoms in total. The van der Waals surface area contributed by atoms with Crippen LogP contribution in [-0.2, 0) is 11.2 Å². The van der Waals surface area contributed by atoms with Crippen LogP contribution in [0.25, 0.3) is 0 Å². The van der Waals surface area contributed by atoms with Crippen LogP contribution < -0.4 is 14.2 Å². The third-order valence-corrected chi connectivity index (χ3v) is 3.80. The summed E-state index contributed by atoms with van der Waals surface area (Å²) in [5.41, 5.74) is 1.28. The Kier molecular flexibility index (Phi) is 5.52. The fourth-order valence-electron chi connectivity index (χ4n) is 2.52. The molecule has 2 N–H and O–H groups in total. The summed E-state index contributed by atoms with van der Waals surface area (Å²) in [6.07, 6.45) is 0.231. The first-order valence-electron chi connectivity index (χ1n) is 7.30. The van der Waals surface area contributed by atoms with Gasteiger partial charge in [0.2, 0.25) is 0 Å². The smallest absolute Gasteiger partial charge is 0.311 e. The Labute approximate surface area is 140 Å². The lowest BCUT2D eigenvalue weighted by atomic mass is 9.91. The van der Waals surface area contributed by atoms with Gasteiger partial charge in [-0.2, -0.15) is 0 Å². The Hall–Kier alpha value is -2.89. The van der Waals surface area contributed by atoms with Crippen LogP contribution in [0, 0.1) is 0 Å². The minimum absolute atomic E-state index is 0.00940. The lowest BCUT2D eigenvalue weighted by molar-refractivity contribution is -0.138. The Morgan fingerprint density at radius 1 is 1.00 bits per heavy atom. The fourth-order valence-corrected chi connectivity index (χ4v) is 2.52. The minimum Gasteiger partial charge on any atom is -0.504 e. The Bertz CT molecular complexity index is 725. The molecule has 2 aromatic rings. The van der Waals surface area contributed by atoms with E-state index in [1.165, 1.54) is 27.4 Å². The first kappa shape index (κ1) is 17.5. The highest BCUT2D eigenvalue weighted by atomic mass is 16.5. The standard InChI is InChI=1S/C18H20O6/c1-22-12-5-6-13(16(10-12)23-2)14(18(20)21)8-11-4-7-15(19)17(9-11)24-3/h4-7,9-10,14,19H,8H2,1-3H3,(H,20,21). The van der Waals surface area contributed by atoms with Gasteiger partial charge in [-0.3, -0.25) is 4.79 Å². The van der Waals surface area contributed by atoms with Crippen LogP contribution in [0.4, 0.5) is 0 Å². The fraction of sp³-hybridized carbons (Fsp3) is 0.278. The van der Waals surface area contributed by atoms with Gasteiger partial charge in [-0.05, 0) is 30.2 Å². The zero-order valence-corrected chi connectivity index (χ0v) is 13.8. The number of rotatable bonds is 7. The number of hydrogen-bond acceptors (Lipinski definition) is 5. The Morgan fingerprint density at radius 2 is 1.71 bits per heavy atom. The van der Waals surface area contributed by atoms with Crippen LogP contribution in [0.5, 0.6) is 23.0 Å². The largest absolute Gasteiger partial charge is 0.504 e. The van der Waals surface area contributed by atoms with E-state index in [-0.39, 0.29) is 12.2 Å². The summed E-state index contributed by atoms with van der Waals surface area (Å²) < 4.78 is 15.5. The van der Waals surface area contributed by atoms with Crippen molar-refractivity contribution in [2.45, 2.75) is 12.3 Å². The topological polar surface area (TPSA) is 85.2 Å². The molecule has 1 unspecified atom stereocenters. The maximum atomic E-state index is 11.8. The second kappa shape index (κ2) is 7.59. The van der Waals surface area contributed by atoms with Gasteiger partial charge >= 0.3 is 5.97 Å². The van der Waals surface area contributed by atoms with E-state index in [9.17, 15) is 15.0 Å². The van der Waals surface area contributed by atoms with Crippen molar-refractivity contribution in [2.75, 3.05) is 21.3 Å². The number of carbonyl (C=O) groups is 1. The third-order valence-electron chi connectivity index (χ3n) is 3.80.